The molecule has 37 heavy (non-hydrogen) atoms. The Morgan fingerprint density at radius 3 is 1.51 bits per heavy atom. The van der Waals surface area contributed by atoms with Gasteiger partial charge >= 0.3 is 11.9 Å². The van der Waals surface area contributed by atoms with Crippen molar-refractivity contribution >= 4 is 33.9 Å². The van der Waals surface area contributed by atoms with Crippen LogP contribution in [-0.4, -0.2) is 22.2 Å². The Morgan fingerprint density at radius 1 is 0.649 bits per heavy atom. The van der Waals surface area contributed by atoms with E-state index >= 15 is 0 Å². The van der Waals surface area contributed by atoms with Crippen molar-refractivity contribution in [2.45, 2.75) is 89.9 Å². The van der Waals surface area contributed by atoms with Gasteiger partial charge in [-0.3, -0.25) is 9.59 Å². The molecule has 0 saturated carbocycles. The lowest BCUT2D eigenvalue weighted by Gasteiger charge is -1.98. The van der Waals surface area contributed by atoms with E-state index in [-0.39, 0.29) is 0 Å². The van der Waals surface area contributed by atoms with Gasteiger partial charge in [0, 0.05) is 17.3 Å². The molecule has 5 heteroatoms. The van der Waals surface area contributed by atoms with Crippen LogP contribution in [0.25, 0.3) is 6.08 Å². The summed E-state index contributed by atoms with van der Waals surface area (Å²) in [5.74, 6) is -1.36. The summed E-state index contributed by atoms with van der Waals surface area (Å²) in [6.07, 6.45) is 19.9. The quantitative estimate of drug-likeness (QED) is 0.146. The normalized spacial score (nSPS) is 10.1. The number of unbranched alkanes of at least 4 members (excludes halogenated alkanes) is 10. The Morgan fingerprint density at radius 2 is 1.08 bits per heavy atom. The minimum absolute atomic E-state index is 0.313. The van der Waals surface area contributed by atoms with Gasteiger partial charge in [-0.2, -0.15) is 0 Å². The number of allylic oxidation sites excluding steroid dienone is 2. The Hall–Kier alpha value is -2.66. The van der Waals surface area contributed by atoms with E-state index in [9.17, 15) is 9.59 Å². The SMILES string of the molecule is Brc1ccccc1.C=CCCCCCCCC(=O)O.O=C(O)CCCCCCC/C=C/c1ccccc1. The maximum atomic E-state index is 10.3. The highest BCUT2D eigenvalue weighted by atomic mass is 79.9. The second kappa shape index (κ2) is 26.4. The molecule has 0 aliphatic rings. The molecule has 0 aromatic heterocycles. The molecule has 0 unspecified atom stereocenters. The highest BCUT2D eigenvalue weighted by molar-refractivity contribution is 9.10. The van der Waals surface area contributed by atoms with Crippen molar-refractivity contribution in [1.82, 2.24) is 0 Å². The van der Waals surface area contributed by atoms with E-state index < -0.39 is 11.9 Å². The first-order chi connectivity index (χ1) is 18.0. The van der Waals surface area contributed by atoms with Crippen molar-refractivity contribution in [3.8, 4) is 0 Å². The Bertz CT molecular complexity index is 834. The molecule has 0 aliphatic carbocycles. The summed E-state index contributed by atoms with van der Waals surface area (Å²) in [4.78, 5) is 20.4. The van der Waals surface area contributed by atoms with Gasteiger partial charge in [-0.25, -0.2) is 0 Å². The van der Waals surface area contributed by atoms with Gasteiger partial charge in [0.25, 0.3) is 0 Å². The van der Waals surface area contributed by atoms with Gasteiger partial charge in [0.05, 0.1) is 0 Å². The van der Waals surface area contributed by atoms with Crippen LogP contribution in [0, 0.1) is 0 Å². The van der Waals surface area contributed by atoms with Crippen LogP contribution >= 0.6 is 15.9 Å². The molecule has 2 rings (SSSR count). The van der Waals surface area contributed by atoms with Crippen LogP contribution in [0.1, 0.15) is 95.5 Å². The summed E-state index contributed by atoms with van der Waals surface area (Å²) >= 11 is 3.31. The lowest BCUT2D eigenvalue weighted by Crippen LogP contribution is -1.93. The van der Waals surface area contributed by atoms with E-state index in [4.69, 9.17) is 10.2 Å². The van der Waals surface area contributed by atoms with Gasteiger partial charge in [0.15, 0.2) is 0 Å². The third kappa shape index (κ3) is 27.8. The molecule has 0 spiro atoms. The Labute approximate surface area is 232 Å². The highest BCUT2D eigenvalue weighted by Crippen LogP contribution is 2.09. The smallest absolute Gasteiger partial charge is 0.303 e. The average Bonchev–Trinajstić information content (AvgIpc) is 2.89. The summed E-state index contributed by atoms with van der Waals surface area (Å²) in [5.41, 5.74) is 1.25. The average molecular weight is 574 g/mol. The van der Waals surface area contributed by atoms with Gasteiger partial charge < -0.3 is 10.2 Å². The molecule has 2 N–H and O–H groups in total. The van der Waals surface area contributed by atoms with Crippen LogP contribution in [0.15, 0.2) is 83.9 Å². The fourth-order valence-corrected chi connectivity index (χ4v) is 3.67. The van der Waals surface area contributed by atoms with Crippen molar-refractivity contribution in [2.24, 2.45) is 0 Å². The van der Waals surface area contributed by atoms with Gasteiger partial charge in [0.2, 0.25) is 0 Å². The first-order valence-electron chi connectivity index (χ1n) is 13.4. The number of hydrogen-bond donors (Lipinski definition) is 2. The number of benzene rings is 2. The highest BCUT2D eigenvalue weighted by Gasteiger charge is 1.96. The van der Waals surface area contributed by atoms with E-state index in [1.54, 1.807) is 0 Å². The number of rotatable bonds is 17. The lowest BCUT2D eigenvalue weighted by molar-refractivity contribution is -0.138. The minimum atomic E-state index is -0.680. The fraction of sp³-hybridized carbons (Fsp3) is 0.438. The molecule has 2 aromatic carbocycles. The molecule has 0 aliphatic heterocycles. The number of halogens is 1. The minimum Gasteiger partial charge on any atom is -0.481 e. The number of carboxylic acid groups (broad SMARTS) is 2. The lowest BCUT2D eigenvalue weighted by atomic mass is 10.1. The van der Waals surface area contributed by atoms with Crippen LogP contribution in [-0.2, 0) is 9.59 Å². The third-order valence-corrected chi connectivity index (χ3v) is 5.93. The Balaban J connectivity index is 0.000000583. The number of carbonyl (C=O) groups is 2. The van der Waals surface area contributed by atoms with Crippen LogP contribution in [0.3, 0.4) is 0 Å². The molecule has 204 valence electrons. The van der Waals surface area contributed by atoms with E-state index in [1.165, 1.54) is 31.2 Å². The van der Waals surface area contributed by atoms with Crippen LogP contribution in [0.2, 0.25) is 0 Å². The van der Waals surface area contributed by atoms with Crippen molar-refractivity contribution < 1.29 is 19.8 Å². The predicted octanol–water partition coefficient (Wildman–Crippen LogP) is 9.95. The van der Waals surface area contributed by atoms with Gasteiger partial charge in [0.1, 0.15) is 0 Å². The molecular formula is C32H45BrO4. The van der Waals surface area contributed by atoms with Crippen LogP contribution in [0.4, 0.5) is 0 Å². The van der Waals surface area contributed by atoms with Crippen LogP contribution in [0.5, 0.6) is 0 Å². The van der Waals surface area contributed by atoms with Gasteiger partial charge in [-0.15, -0.1) is 6.58 Å². The summed E-state index contributed by atoms with van der Waals surface area (Å²) < 4.78 is 1.13. The summed E-state index contributed by atoms with van der Waals surface area (Å²) in [5, 5.41) is 16.8. The zero-order valence-corrected chi connectivity index (χ0v) is 23.8. The van der Waals surface area contributed by atoms with Crippen molar-refractivity contribution in [3.63, 3.8) is 0 Å². The van der Waals surface area contributed by atoms with E-state index in [0.29, 0.717) is 12.8 Å². The number of aliphatic carboxylic acids is 2. The molecule has 2 aromatic rings. The molecule has 0 radical (unpaired) electrons. The monoisotopic (exact) mass is 572 g/mol. The Kier molecular flexibility index (Phi) is 24.5. The molecule has 0 fully saturated rings. The zero-order chi connectivity index (χ0) is 27.4. The standard InChI is InChI=1S/C16H22O2.C10H18O2.C6H5Br/c17-16(18)14-10-5-3-1-2-4-7-11-15-12-8-6-9-13-15;1-2-3-4-5-6-7-8-9-10(11)12;7-6-4-2-1-3-5-6/h6-9,11-13H,1-5,10,14H2,(H,17,18);2H,1,3-9H2,(H,11,12);1-5H/b11-7+;;. The third-order valence-electron chi connectivity index (χ3n) is 5.40. The molecule has 0 amide bonds. The molecular weight excluding hydrogens is 528 g/mol. The van der Waals surface area contributed by atoms with Crippen molar-refractivity contribution in [1.29, 1.82) is 0 Å². The summed E-state index contributed by atoms with van der Waals surface area (Å²) in [6.45, 7) is 3.64. The maximum absolute atomic E-state index is 10.3. The van der Waals surface area contributed by atoms with Crippen molar-refractivity contribution in [3.05, 3.63) is 89.4 Å². The fourth-order valence-electron chi connectivity index (χ4n) is 3.36. The first kappa shape index (κ1) is 34.3. The van der Waals surface area contributed by atoms with Gasteiger partial charge in [-0.05, 0) is 56.2 Å². The molecule has 0 bridgehead atoms. The zero-order valence-electron chi connectivity index (χ0n) is 22.2. The summed E-state index contributed by atoms with van der Waals surface area (Å²) in [7, 11) is 0. The molecule has 0 saturated heterocycles. The second-order valence-electron chi connectivity index (χ2n) is 8.80. The predicted molar refractivity (Wildman–Crippen MR) is 160 cm³/mol. The number of carboxylic acids is 2. The second-order valence-corrected chi connectivity index (χ2v) is 9.71. The largest absolute Gasteiger partial charge is 0.481 e. The van der Waals surface area contributed by atoms with Gasteiger partial charge in [-0.1, -0.05) is 121 Å². The molecule has 0 atom stereocenters. The summed E-state index contributed by atoms with van der Waals surface area (Å²) in [6, 6.07) is 20.3. The topological polar surface area (TPSA) is 74.6 Å². The first-order valence-corrected chi connectivity index (χ1v) is 14.2. The van der Waals surface area contributed by atoms with E-state index in [0.717, 1.165) is 55.8 Å². The van der Waals surface area contributed by atoms with Crippen LogP contribution < -0.4 is 0 Å². The molecule has 0 heterocycles. The molecule has 4 nitrogen and oxygen atoms in total. The number of hydrogen-bond acceptors (Lipinski definition) is 2. The maximum Gasteiger partial charge on any atom is 0.303 e. The van der Waals surface area contributed by atoms with E-state index in [1.807, 2.05) is 54.6 Å². The van der Waals surface area contributed by atoms with Crippen molar-refractivity contribution in [2.75, 3.05) is 0 Å². The van der Waals surface area contributed by atoms with E-state index in [2.05, 4.69) is 46.8 Å².